The Bertz CT molecular complexity index is 476. The summed E-state index contributed by atoms with van der Waals surface area (Å²) in [7, 11) is 0. The molecule has 0 saturated heterocycles. The van der Waals surface area contributed by atoms with Gasteiger partial charge in [0.05, 0.1) is 11.1 Å². The van der Waals surface area contributed by atoms with Crippen LogP contribution in [-0.2, 0) is 16.5 Å². The molecular formula is C11H9ClF3NO. The molecule has 92 valence electrons. The lowest BCUT2D eigenvalue weighted by Crippen LogP contribution is -2.15. The van der Waals surface area contributed by atoms with Gasteiger partial charge in [-0.15, -0.1) is 0 Å². The molecule has 1 rings (SSSR count). The van der Waals surface area contributed by atoms with Crippen molar-refractivity contribution in [3.8, 4) is 0 Å². The summed E-state index contributed by atoms with van der Waals surface area (Å²) in [5.74, 6) is 0. The highest BCUT2D eigenvalue weighted by Gasteiger charge is 2.33. The highest BCUT2D eigenvalue weighted by atomic mass is 35.5. The normalized spacial score (nSPS) is 12.1. The van der Waals surface area contributed by atoms with Gasteiger partial charge in [0, 0.05) is 5.02 Å². The van der Waals surface area contributed by atoms with Gasteiger partial charge in [0.2, 0.25) is 6.08 Å². The van der Waals surface area contributed by atoms with Crippen LogP contribution in [0.2, 0.25) is 5.02 Å². The lowest BCUT2D eigenvalue weighted by atomic mass is 9.93. The minimum atomic E-state index is -4.49. The van der Waals surface area contributed by atoms with Gasteiger partial charge in [0.15, 0.2) is 0 Å². The summed E-state index contributed by atoms with van der Waals surface area (Å²) >= 11 is 5.62. The smallest absolute Gasteiger partial charge is 0.211 e. The molecule has 0 unspecified atom stereocenters. The van der Waals surface area contributed by atoms with Crippen molar-refractivity contribution in [3.63, 3.8) is 0 Å². The minimum absolute atomic E-state index is 0.0519. The number of nitrogens with zero attached hydrogens (tertiary/aromatic N) is 1. The summed E-state index contributed by atoms with van der Waals surface area (Å²) in [5.41, 5.74) is -1.75. The van der Waals surface area contributed by atoms with E-state index in [4.69, 9.17) is 11.6 Å². The van der Waals surface area contributed by atoms with Crippen molar-refractivity contribution in [1.82, 2.24) is 0 Å². The first-order chi connectivity index (χ1) is 7.66. The molecule has 1 aromatic carbocycles. The number of rotatable bonds is 2. The van der Waals surface area contributed by atoms with Crippen LogP contribution in [0, 0.1) is 0 Å². The monoisotopic (exact) mass is 263 g/mol. The molecule has 0 aliphatic heterocycles. The van der Waals surface area contributed by atoms with Crippen molar-refractivity contribution in [1.29, 1.82) is 0 Å². The van der Waals surface area contributed by atoms with Crippen molar-refractivity contribution < 1.29 is 18.0 Å². The number of benzene rings is 1. The van der Waals surface area contributed by atoms with Crippen LogP contribution in [-0.4, -0.2) is 6.08 Å². The van der Waals surface area contributed by atoms with Gasteiger partial charge in [-0.3, -0.25) is 0 Å². The Balaban J connectivity index is 3.37. The molecule has 0 aromatic heterocycles. The molecular weight excluding hydrogens is 255 g/mol. The van der Waals surface area contributed by atoms with Crippen LogP contribution in [0.15, 0.2) is 23.2 Å². The van der Waals surface area contributed by atoms with E-state index in [1.54, 1.807) is 0 Å². The summed E-state index contributed by atoms with van der Waals surface area (Å²) in [6.07, 6.45) is -3.15. The number of isocyanates is 1. The van der Waals surface area contributed by atoms with E-state index in [0.717, 1.165) is 12.1 Å². The number of halogens is 4. The molecule has 0 atom stereocenters. The fraction of sp³-hybridized carbons (Fsp3) is 0.364. The molecule has 2 nitrogen and oxygen atoms in total. The fourth-order valence-electron chi connectivity index (χ4n) is 1.29. The maximum absolute atomic E-state index is 12.6. The maximum atomic E-state index is 12.6. The average molecular weight is 264 g/mol. The van der Waals surface area contributed by atoms with Crippen LogP contribution < -0.4 is 0 Å². The molecule has 0 aliphatic carbocycles. The van der Waals surface area contributed by atoms with Gasteiger partial charge in [-0.2, -0.15) is 18.2 Å². The van der Waals surface area contributed by atoms with Gasteiger partial charge in [0.25, 0.3) is 0 Å². The van der Waals surface area contributed by atoms with E-state index in [2.05, 4.69) is 4.99 Å². The Labute approximate surface area is 101 Å². The third-order valence-corrected chi connectivity index (χ3v) is 2.47. The maximum Gasteiger partial charge on any atom is 0.416 e. The lowest BCUT2D eigenvalue weighted by molar-refractivity contribution is -0.137. The van der Waals surface area contributed by atoms with Gasteiger partial charge in [-0.05, 0) is 37.6 Å². The van der Waals surface area contributed by atoms with Crippen molar-refractivity contribution in [3.05, 3.63) is 34.3 Å². The van der Waals surface area contributed by atoms with Gasteiger partial charge < -0.3 is 0 Å². The van der Waals surface area contributed by atoms with Crippen LogP contribution in [0.1, 0.15) is 25.0 Å². The number of aliphatic imine (C=N–C) groups is 1. The van der Waals surface area contributed by atoms with Crippen molar-refractivity contribution in [2.24, 2.45) is 4.99 Å². The number of carbonyl (C=O) groups excluding carboxylic acids is 1. The molecule has 1 aromatic rings. The van der Waals surface area contributed by atoms with Gasteiger partial charge in [-0.25, -0.2) is 4.79 Å². The SMILES string of the molecule is CC(C)(N=C=O)c1cc(Cl)cc(C(F)(F)F)c1. The molecule has 17 heavy (non-hydrogen) atoms. The fourth-order valence-corrected chi connectivity index (χ4v) is 1.52. The Morgan fingerprint density at radius 2 is 1.71 bits per heavy atom. The van der Waals surface area contributed by atoms with Crippen molar-refractivity contribution >= 4 is 17.7 Å². The van der Waals surface area contributed by atoms with Crippen molar-refractivity contribution in [2.75, 3.05) is 0 Å². The zero-order valence-electron chi connectivity index (χ0n) is 9.10. The van der Waals surface area contributed by atoms with Gasteiger partial charge in [0.1, 0.15) is 0 Å². The third-order valence-electron chi connectivity index (χ3n) is 2.26. The topological polar surface area (TPSA) is 29.4 Å². The molecule has 0 bridgehead atoms. The van der Waals surface area contributed by atoms with Crippen LogP contribution in [0.4, 0.5) is 13.2 Å². The molecule has 0 amide bonds. The standard InChI is InChI=1S/C11H9ClF3NO/c1-10(2,16-6-17)7-3-8(11(13,14)15)5-9(12)4-7/h3-5H,1-2H3. The Hall–Kier alpha value is -1.32. The van der Waals surface area contributed by atoms with Crippen LogP contribution in [0.25, 0.3) is 0 Å². The first kappa shape index (κ1) is 13.7. The Morgan fingerprint density at radius 3 is 2.18 bits per heavy atom. The van der Waals surface area contributed by atoms with Crippen LogP contribution in [0.5, 0.6) is 0 Å². The summed E-state index contributed by atoms with van der Waals surface area (Å²) in [6.45, 7) is 3.01. The van der Waals surface area contributed by atoms with E-state index in [-0.39, 0.29) is 10.6 Å². The number of hydrogen-bond donors (Lipinski definition) is 0. The molecule has 0 saturated carbocycles. The Morgan fingerprint density at radius 1 is 1.18 bits per heavy atom. The molecule has 0 radical (unpaired) electrons. The minimum Gasteiger partial charge on any atom is -0.211 e. The second-order valence-electron chi connectivity index (χ2n) is 3.99. The molecule has 0 heterocycles. The summed E-state index contributed by atoms with van der Waals surface area (Å²) in [5, 5.41) is -0.0519. The van der Waals surface area contributed by atoms with Crippen molar-refractivity contribution in [2.45, 2.75) is 25.6 Å². The van der Waals surface area contributed by atoms with Gasteiger partial charge >= 0.3 is 6.18 Å². The molecule has 0 spiro atoms. The zero-order valence-corrected chi connectivity index (χ0v) is 9.86. The summed E-state index contributed by atoms with van der Waals surface area (Å²) in [4.78, 5) is 13.7. The predicted octanol–water partition coefficient (Wildman–Crippen LogP) is 3.93. The number of alkyl halides is 3. The van der Waals surface area contributed by atoms with Crippen LogP contribution in [0.3, 0.4) is 0 Å². The second kappa shape index (κ2) is 4.51. The zero-order chi connectivity index (χ0) is 13.3. The van der Waals surface area contributed by atoms with Gasteiger partial charge in [-0.1, -0.05) is 11.6 Å². The quantitative estimate of drug-likeness (QED) is 0.587. The van der Waals surface area contributed by atoms with E-state index in [1.807, 2.05) is 0 Å². The van der Waals surface area contributed by atoms with E-state index in [0.29, 0.717) is 0 Å². The molecule has 0 fully saturated rings. The molecule has 6 heteroatoms. The Kier molecular flexibility index (Phi) is 3.65. The van der Waals surface area contributed by atoms with E-state index in [9.17, 15) is 18.0 Å². The highest BCUT2D eigenvalue weighted by molar-refractivity contribution is 6.30. The van der Waals surface area contributed by atoms with E-state index < -0.39 is 17.3 Å². The van der Waals surface area contributed by atoms with E-state index >= 15 is 0 Å². The molecule has 0 N–H and O–H groups in total. The van der Waals surface area contributed by atoms with E-state index in [1.165, 1.54) is 26.0 Å². The van der Waals surface area contributed by atoms with Crippen LogP contribution >= 0.6 is 11.6 Å². The average Bonchev–Trinajstić information content (AvgIpc) is 2.15. The summed E-state index contributed by atoms with van der Waals surface area (Å²) < 4.78 is 37.7. The highest BCUT2D eigenvalue weighted by Crippen LogP contribution is 2.35. The summed E-state index contributed by atoms with van der Waals surface area (Å²) in [6, 6.07) is 3.09. The third kappa shape index (κ3) is 3.32. The number of hydrogen-bond acceptors (Lipinski definition) is 2. The lowest BCUT2D eigenvalue weighted by Gasteiger charge is -2.20. The first-order valence-electron chi connectivity index (χ1n) is 4.64. The first-order valence-corrected chi connectivity index (χ1v) is 5.02. The second-order valence-corrected chi connectivity index (χ2v) is 4.42. The molecule has 0 aliphatic rings. The largest absolute Gasteiger partial charge is 0.416 e. The predicted molar refractivity (Wildman–Crippen MR) is 57.6 cm³/mol.